The molecule has 0 amide bonds. The number of guanidine groups is 1. The quantitative estimate of drug-likeness (QED) is 0.655. The topological polar surface area (TPSA) is 50.4 Å². The van der Waals surface area contributed by atoms with Crippen molar-refractivity contribution in [2.45, 2.75) is 38.1 Å². The van der Waals surface area contributed by atoms with Gasteiger partial charge in [-0.05, 0) is 41.7 Å². The van der Waals surface area contributed by atoms with E-state index in [0.717, 1.165) is 17.7 Å². The molecule has 1 fully saturated rings. The van der Waals surface area contributed by atoms with E-state index in [1.165, 1.54) is 11.6 Å². The van der Waals surface area contributed by atoms with Crippen LogP contribution < -0.4 is 11.1 Å². The molecule has 2 aromatic rings. The molecule has 0 heterocycles. The SMILES string of the molecule is CC(C)c1cccc(NC(N)=NC2CC2c2ccccc2F)c1. The maximum Gasteiger partial charge on any atom is 0.193 e. The van der Waals surface area contributed by atoms with Gasteiger partial charge in [0.2, 0.25) is 0 Å². The average molecular weight is 311 g/mol. The van der Waals surface area contributed by atoms with Gasteiger partial charge >= 0.3 is 0 Å². The molecule has 1 aliphatic carbocycles. The normalized spacial score (nSPS) is 20.6. The van der Waals surface area contributed by atoms with Gasteiger partial charge in [0.15, 0.2) is 5.96 Å². The maximum atomic E-state index is 13.8. The number of halogens is 1. The molecule has 0 spiro atoms. The number of nitrogens with one attached hydrogen (secondary N) is 1. The third kappa shape index (κ3) is 3.70. The lowest BCUT2D eigenvalue weighted by Gasteiger charge is -2.10. The summed E-state index contributed by atoms with van der Waals surface area (Å²) in [7, 11) is 0. The molecule has 2 unspecified atom stereocenters. The van der Waals surface area contributed by atoms with Crippen molar-refractivity contribution >= 4 is 11.6 Å². The third-order valence-electron chi connectivity index (χ3n) is 4.19. The first kappa shape index (κ1) is 15.5. The van der Waals surface area contributed by atoms with Crippen molar-refractivity contribution in [2.24, 2.45) is 10.7 Å². The fraction of sp³-hybridized carbons (Fsp3) is 0.316. The molecule has 0 saturated heterocycles. The van der Waals surface area contributed by atoms with Crippen molar-refractivity contribution < 1.29 is 4.39 Å². The highest BCUT2D eigenvalue weighted by Gasteiger charge is 2.40. The van der Waals surface area contributed by atoms with Crippen molar-refractivity contribution in [3.8, 4) is 0 Å². The van der Waals surface area contributed by atoms with Crippen LogP contribution in [0.4, 0.5) is 10.1 Å². The summed E-state index contributed by atoms with van der Waals surface area (Å²) in [5, 5.41) is 3.13. The molecule has 0 bridgehead atoms. The maximum absolute atomic E-state index is 13.8. The van der Waals surface area contributed by atoms with Gasteiger partial charge in [0, 0.05) is 11.6 Å². The minimum Gasteiger partial charge on any atom is -0.370 e. The number of aliphatic imine (C=N–C) groups is 1. The Bertz CT molecular complexity index is 724. The van der Waals surface area contributed by atoms with Crippen LogP contribution in [0.2, 0.25) is 0 Å². The van der Waals surface area contributed by atoms with Gasteiger partial charge in [-0.1, -0.05) is 44.2 Å². The summed E-state index contributed by atoms with van der Waals surface area (Å²) < 4.78 is 13.8. The van der Waals surface area contributed by atoms with Gasteiger partial charge in [-0.3, -0.25) is 0 Å². The zero-order valence-electron chi connectivity index (χ0n) is 13.5. The standard InChI is InChI=1S/C19H22FN3/c1-12(2)13-6-5-7-14(10-13)22-19(21)23-18-11-16(18)15-8-3-4-9-17(15)20/h3-10,12,16,18H,11H2,1-2H3,(H3,21,22,23). The van der Waals surface area contributed by atoms with Crippen LogP contribution in [0.15, 0.2) is 53.5 Å². The first-order chi connectivity index (χ1) is 11.0. The molecule has 3 nitrogen and oxygen atoms in total. The van der Waals surface area contributed by atoms with Crippen LogP contribution in [-0.4, -0.2) is 12.0 Å². The minimum absolute atomic E-state index is 0.0627. The molecular formula is C19H22FN3. The predicted molar refractivity (Wildman–Crippen MR) is 93.3 cm³/mol. The van der Waals surface area contributed by atoms with E-state index in [4.69, 9.17) is 5.73 Å². The lowest BCUT2D eigenvalue weighted by atomic mass is 10.0. The summed E-state index contributed by atoms with van der Waals surface area (Å²) in [4.78, 5) is 4.47. The van der Waals surface area contributed by atoms with Crippen LogP contribution in [0.5, 0.6) is 0 Å². The molecule has 0 aliphatic heterocycles. The van der Waals surface area contributed by atoms with Crippen molar-refractivity contribution in [2.75, 3.05) is 5.32 Å². The summed E-state index contributed by atoms with van der Waals surface area (Å²) in [6, 6.07) is 15.1. The lowest BCUT2D eigenvalue weighted by Crippen LogP contribution is -2.23. The van der Waals surface area contributed by atoms with Crippen LogP contribution >= 0.6 is 0 Å². The molecule has 23 heavy (non-hydrogen) atoms. The van der Waals surface area contributed by atoms with E-state index in [1.807, 2.05) is 24.3 Å². The number of hydrogen-bond donors (Lipinski definition) is 2. The van der Waals surface area contributed by atoms with Gasteiger partial charge in [-0.15, -0.1) is 0 Å². The van der Waals surface area contributed by atoms with Crippen LogP contribution in [-0.2, 0) is 0 Å². The number of anilines is 1. The van der Waals surface area contributed by atoms with Gasteiger partial charge in [0.1, 0.15) is 5.82 Å². The molecule has 0 radical (unpaired) electrons. The smallest absolute Gasteiger partial charge is 0.193 e. The zero-order chi connectivity index (χ0) is 16.4. The number of nitrogens with zero attached hydrogens (tertiary/aromatic N) is 1. The number of nitrogens with two attached hydrogens (primary N) is 1. The van der Waals surface area contributed by atoms with E-state index < -0.39 is 0 Å². The Morgan fingerprint density at radius 2 is 2.00 bits per heavy atom. The Labute approximate surface area is 136 Å². The van der Waals surface area contributed by atoms with Crippen molar-refractivity contribution in [1.29, 1.82) is 0 Å². The van der Waals surface area contributed by atoms with Crippen molar-refractivity contribution in [3.63, 3.8) is 0 Å². The summed E-state index contributed by atoms with van der Waals surface area (Å²) in [6.07, 6.45) is 0.843. The van der Waals surface area contributed by atoms with Crippen LogP contribution in [0, 0.1) is 5.82 Å². The minimum atomic E-state index is -0.161. The van der Waals surface area contributed by atoms with Crippen LogP contribution in [0.3, 0.4) is 0 Å². The molecule has 3 rings (SSSR count). The van der Waals surface area contributed by atoms with Gasteiger partial charge in [-0.25, -0.2) is 9.38 Å². The third-order valence-corrected chi connectivity index (χ3v) is 4.19. The summed E-state index contributed by atoms with van der Waals surface area (Å²) in [6.45, 7) is 4.31. The molecular weight excluding hydrogens is 289 g/mol. The van der Waals surface area contributed by atoms with E-state index in [9.17, 15) is 4.39 Å². The largest absolute Gasteiger partial charge is 0.370 e. The lowest BCUT2D eigenvalue weighted by molar-refractivity contribution is 0.609. The second-order valence-electron chi connectivity index (χ2n) is 6.35. The molecule has 2 atom stereocenters. The molecule has 120 valence electrons. The molecule has 1 saturated carbocycles. The van der Waals surface area contributed by atoms with Crippen LogP contribution in [0.25, 0.3) is 0 Å². The summed E-state index contributed by atoms with van der Waals surface area (Å²) in [5.41, 5.74) is 8.91. The average Bonchev–Trinajstić information content (AvgIpc) is 3.26. The molecule has 1 aliphatic rings. The van der Waals surface area contributed by atoms with E-state index in [0.29, 0.717) is 11.9 Å². The molecule has 0 aromatic heterocycles. The fourth-order valence-electron chi connectivity index (χ4n) is 2.77. The second-order valence-corrected chi connectivity index (χ2v) is 6.35. The van der Waals surface area contributed by atoms with Crippen molar-refractivity contribution in [3.05, 3.63) is 65.5 Å². The highest BCUT2D eigenvalue weighted by atomic mass is 19.1. The van der Waals surface area contributed by atoms with E-state index in [-0.39, 0.29) is 17.8 Å². The summed E-state index contributed by atoms with van der Waals surface area (Å²) in [5.74, 6) is 0.823. The predicted octanol–water partition coefficient (Wildman–Crippen LogP) is 4.23. The first-order valence-corrected chi connectivity index (χ1v) is 7.99. The van der Waals surface area contributed by atoms with E-state index in [1.54, 1.807) is 6.07 Å². The monoisotopic (exact) mass is 311 g/mol. The van der Waals surface area contributed by atoms with Gasteiger partial charge < -0.3 is 11.1 Å². The summed E-state index contributed by atoms with van der Waals surface area (Å²) >= 11 is 0. The number of hydrogen-bond acceptors (Lipinski definition) is 1. The molecule has 2 aromatic carbocycles. The Morgan fingerprint density at radius 3 is 2.74 bits per heavy atom. The van der Waals surface area contributed by atoms with Crippen LogP contribution in [0.1, 0.15) is 43.2 Å². The van der Waals surface area contributed by atoms with E-state index in [2.05, 4.69) is 36.3 Å². The van der Waals surface area contributed by atoms with Gasteiger partial charge in [-0.2, -0.15) is 0 Å². The Kier molecular flexibility index (Phi) is 4.33. The molecule has 3 N–H and O–H groups in total. The van der Waals surface area contributed by atoms with Gasteiger partial charge in [0.25, 0.3) is 0 Å². The Balaban J connectivity index is 1.66. The van der Waals surface area contributed by atoms with Crippen molar-refractivity contribution in [1.82, 2.24) is 0 Å². The second kappa shape index (κ2) is 6.41. The fourth-order valence-corrected chi connectivity index (χ4v) is 2.77. The highest BCUT2D eigenvalue weighted by Crippen LogP contribution is 2.44. The number of benzene rings is 2. The first-order valence-electron chi connectivity index (χ1n) is 7.99. The Hall–Kier alpha value is -2.36. The number of rotatable bonds is 4. The van der Waals surface area contributed by atoms with E-state index >= 15 is 0 Å². The highest BCUT2D eigenvalue weighted by molar-refractivity contribution is 5.92. The zero-order valence-corrected chi connectivity index (χ0v) is 13.5. The van der Waals surface area contributed by atoms with Gasteiger partial charge in [0.05, 0.1) is 6.04 Å². The molecule has 4 heteroatoms. The Morgan fingerprint density at radius 1 is 1.22 bits per heavy atom.